The summed E-state index contributed by atoms with van der Waals surface area (Å²) in [6.07, 6.45) is 0. The summed E-state index contributed by atoms with van der Waals surface area (Å²) in [6.45, 7) is 3.61. The lowest BCUT2D eigenvalue weighted by atomic mass is 10.2. The predicted molar refractivity (Wildman–Crippen MR) is 50.9 cm³/mol. The Morgan fingerprint density at radius 2 is 1.27 bits per heavy atom. The third kappa shape index (κ3) is 1.75. The molecule has 0 amide bonds. The van der Waals surface area contributed by atoms with Crippen molar-refractivity contribution in [2.24, 2.45) is 0 Å². The van der Waals surface area contributed by atoms with Crippen LogP contribution in [0.15, 0.2) is 6.07 Å². The second kappa shape index (κ2) is 3.40. The van der Waals surface area contributed by atoms with Gasteiger partial charge in [-0.05, 0) is 18.6 Å². The Balaban J connectivity index is 3.46. The third-order valence-corrected chi connectivity index (χ3v) is 2.86. The minimum absolute atomic E-state index is 0.348. The van der Waals surface area contributed by atoms with Crippen molar-refractivity contribution in [1.82, 2.24) is 0 Å². The van der Waals surface area contributed by atoms with Gasteiger partial charge in [0.15, 0.2) is 0 Å². The van der Waals surface area contributed by atoms with E-state index < -0.39 is 0 Å². The lowest BCUT2D eigenvalue weighted by Crippen LogP contribution is -1.80. The first kappa shape index (κ1) is 9.47. The number of hydrogen-bond acceptors (Lipinski definition) is 0. The molecule has 0 heterocycles. The zero-order chi connectivity index (χ0) is 8.59. The van der Waals surface area contributed by atoms with Crippen molar-refractivity contribution in [2.75, 3.05) is 0 Å². The molecule has 59 valence electrons. The zero-order valence-corrected chi connectivity index (χ0v) is 8.32. The normalized spacial score (nSPS) is 10.3. The first-order valence-corrected chi connectivity index (χ1v) is 4.20. The van der Waals surface area contributed by atoms with E-state index in [9.17, 15) is 0 Å². The molecular weight excluding hydrogens is 226 g/mol. The van der Waals surface area contributed by atoms with Crippen LogP contribution in [0, 0.1) is 6.92 Å². The summed E-state index contributed by atoms with van der Waals surface area (Å²) in [5.41, 5.74) is 0.464. The maximum atomic E-state index is 5.72. The van der Waals surface area contributed by atoms with Gasteiger partial charge in [-0.2, -0.15) is 0 Å². The zero-order valence-electron chi connectivity index (χ0n) is 5.30. The fourth-order valence-corrected chi connectivity index (χ4v) is 1.47. The average Bonchev–Trinajstić information content (AvgIpc) is 1.97. The van der Waals surface area contributed by atoms with E-state index in [1.165, 1.54) is 6.07 Å². The van der Waals surface area contributed by atoms with Crippen LogP contribution >= 0.6 is 46.4 Å². The Bertz CT molecular complexity index is 267. The molecule has 0 bridgehead atoms. The van der Waals surface area contributed by atoms with E-state index in [1.54, 1.807) is 0 Å². The third-order valence-electron chi connectivity index (χ3n) is 1.20. The molecule has 1 aromatic rings. The molecule has 0 N–H and O–H groups in total. The summed E-state index contributed by atoms with van der Waals surface area (Å²) in [6, 6.07) is 1.49. The van der Waals surface area contributed by atoms with Crippen LogP contribution in [-0.4, -0.2) is 0 Å². The van der Waals surface area contributed by atoms with Crippen molar-refractivity contribution in [3.63, 3.8) is 0 Å². The van der Waals surface area contributed by atoms with Gasteiger partial charge in [0.05, 0.1) is 20.1 Å². The molecule has 0 aliphatic heterocycles. The van der Waals surface area contributed by atoms with Crippen molar-refractivity contribution >= 4 is 46.4 Å². The second-order valence-electron chi connectivity index (χ2n) is 1.95. The molecule has 1 aromatic carbocycles. The smallest absolute Gasteiger partial charge is 0.0640 e. The number of halogens is 4. The number of hydrogen-bond donors (Lipinski definition) is 0. The van der Waals surface area contributed by atoms with Gasteiger partial charge in [0.1, 0.15) is 0 Å². The first-order chi connectivity index (χ1) is 5.04. The van der Waals surface area contributed by atoms with Crippen molar-refractivity contribution in [1.29, 1.82) is 0 Å². The second-order valence-corrected chi connectivity index (χ2v) is 3.52. The average molecular weight is 229 g/mol. The predicted octanol–water partition coefficient (Wildman–Crippen LogP) is 4.48. The molecule has 0 aromatic heterocycles. The quantitative estimate of drug-likeness (QED) is 0.575. The van der Waals surface area contributed by atoms with E-state index in [2.05, 4.69) is 6.92 Å². The van der Waals surface area contributed by atoms with Gasteiger partial charge in [-0.3, -0.25) is 0 Å². The van der Waals surface area contributed by atoms with Crippen LogP contribution < -0.4 is 0 Å². The highest BCUT2D eigenvalue weighted by Crippen LogP contribution is 2.36. The Kier molecular flexibility index (Phi) is 2.93. The fourth-order valence-electron chi connectivity index (χ4n) is 0.623. The topological polar surface area (TPSA) is 0 Å². The van der Waals surface area contributed by atoms with Crippen molar-refractivity contribution < 1.29 is 0 Å². The van der Waals surface area contributed by atoms with Crippen LogP contribution in [-0.2, 0) is 0 Å². The minimum atomic E-state index is 0.348. The summed E-state index contributed by atoms with van der Waals surface area (Å²) in [5, 5.41) is 1.43. The highest BCUT2D eigenvalue weighted by Gasteiger charge is 2.09. The summed E-state index contributed by atoms with van der Waals surface area (Å²) in [4.78, 5) is 0. The molecule has 4 heteroatoms. The lowest BCUT2D eigenvalue weighted by molar-refractivity contribution is 1.61. The van der Waals surface area contributed by atoms with E-state index in [-0.39, 0.29) is 0 Å². The summed E-state index contributed by atoms with van der Waals surface area (Å²) in [5.74, 6) is 0. The Hall–Kier alpha value is 0.380. The van der Waals surface area contributed by atoms with Gasteiger partial charge in [0, 0.05) is 0 Å². The van der Waals surface area contributed by atoms with Crippen LogP contribution in [0.1, 0.15) is 5.56 Å². The molecule has 11 heavy (non-hydrogen) atoms. The molecule has 0 saturated heterocycles. The van der Waals surface area contributed by atoms with Crippen LogP contribution in [0.2, 0.25) is 20.1 Å². The summed E-state index contributed by atoms with van der Waals surface area (Å²) < 4.78 is 0. The fraction of sp³-hybridized carbons (Fsp3) is 0. The molecule has 0 spiro atoms. The summed E-state index contributed by atoms with van der Waals surface area (Å²) in [7, 11) is 0. The lowest BCUT2D eigenvalue weighted by Gasteiger charge is -2.04. The van der Waals surface area contributed by atoms with Crippen LogP contribution in [0.3, 0.4) is 0 Å². The molecule has 1 radical (unpaired) electrons. The molecule has 0 atom stereocenters. The van der Waals surface area contributed by atoms with E-state index >= 15 is 0 Å². The molecule has 0 saturated carbocycles. The van der Waals surface area contributed by atoms with Gasteiger partial charge < -0.3 is 0 Å². The maximum Gasteiger partial charge on any atom is 0.0640 e. The number of benzene rings is 1. The van der Waals surface area contributed by atoms with Crippen LogP contribution in [0.4, 0.5) is 0 Å². The Morgan fingerprint density at radius 1 is 0.909 bits per heavy atom. The number of rotatable bonds is 0. The monoisotopic (exact) mass is 227 g/mol. The summed E-state index contributed by atoms with van der Waals surface area (Å²) >= 11 is 22.8. The van der Waals surface area contributed by atoms with Gasteiger partial charge in [-0.1, -0.05) is 46.4 Å². The van der Waals surface area contributed by atoms with Crippen molar-refractivity contribution in [3.8, 4) is 0 Å². The highest BCUT2D eigenvalue weighted by atomic mass is 35.5. The molecular formula is C7H3Cl4. The van der Waals surface area contributed by atoms with E-state index in [0.29, 0.717) is 25.7 Å². The van der Waals surface area contributed by atoms with Gasteiger partial charge in [-0.25, -0.2) is 0 Å². The van der Waals surface area contributed by atoms with Gasteiger partial charge in [0.25, 0.3) is 0 Å². The Labute approximate surface area is 85.0 Å². The minimum Gasteiger partial charge on any atom is -0.0826 e. The molecule has 0 nitrogen and oxygen atoms in total. The molecule has 0 fully saturated rings. The molecule has 0 aliphatic rings. The van der Waals surface area contributed by atoms with Crippen LogP contribution in [0.5, 0.6) is 0 Å². The molecule has 0 aliphatic carbocycles. The molecule has 0 unspecified atom stereocenters. The van der Waals surface area contributed by atoms with E-state index in [1.807, 2.05) is 0 Å². The first-order valence-electron chi connectivity index (χ1n) is 2.69. The van der Waals surface area contributed by atoms with Crippen molar-refractivity contribution in [2.45, 2.75) is 0 Å². The van der Waals surface area contributed by atoms with Gasteiger partial charge in [0.2, 0.25) is 0 Å². The van der Waals surface area contributed by atoms with E-state index in [4.69, 9.17) is 46.4 Å². The van der Waals surface area contributed by atoms with Gasteiger partial charge >= 0.3 is 0 Å². The van der Waals surface area contributed by atoms with Crippen LogP contribution in [0.25, 0.3) is 0 Å². The standard InChI is InChI=1S/C7H3Cl4/c1-3-6(10)4(8)2-5(9)7(3)11/h2H,1H2. The SMILES string of the molecule is [CH2]c1c(Cl)c(Cl)cc(Cl)c1Cl. The van der Waals surface area contributed by atoms with E-state index in [0.717, 1.165) is 0 Å². The van der Waals surface area contributed by atoms with Gasteiger partial charge in [-0.15, -0.1) is 0 Å². The Morgan fingerprint density at radius 3 is 1.64 bits per heavy atom. The van der Waals surface area contributed by atoms with Crippen molar-refractivity contribution in [3.05, 3.63) is 38.6 Å². The molecule has 1 rings (SSSR count). The largest absolute Gasteiger partial charge is 0.0826 e. The maximum absolute atomic E-state index is 5.72. The highest BCUT2D eigenvalue weighted by molar-refractivity contribution is 6.48.